The highest BCUT2D eigenvalue weighted by atomic mass is 35.5. The molecule has 0 saturated heterocycles. The maximum Gasteiger partial charge on any atom is 0.292 e. The van der Waals surface area contributed by atoms with Gasteiger partial charge < -0.3 is 5.32 Å². The number of hydrogen-bond donors (Lipinski definition) is 1. The number of benzene rings is 2. The van der Waals surface area contributed by atoms with Crippen molar-refractivity contribution in [1.82, 2.24) is 0 Å². The van der Waals surface area contributed by atoms with Crippen molar-refractivity contribution >= 4 is 34.8 Å². The first-order valence-electron chi connectivity index (χ1n) is 6.46. The van der Waals surface area contributed by atoms with E-state index >= 15 is 0 Å². The van der Waals surface area contributed by atoms with Crippen molar-refractivity contribution in [2.75, 3.05) is 12.4 Å². The Bertz CT molecular complexity index is 757. The summed E-state index contributed by atoms with van der Waals surface area (Å²) in [5.41, 5.74) is 1.32. The first-order valence-corrected chi connectivity index (χ1v) is 6.84. The van der Waals surface area contributed by atoms with Gasteiger partial charge in [0.2, 0.25) is 0 Å². The smallest absolute Gasteiger partial charge is 0.292 e. The zero-order valence-corrected chi connectivity index (χ0v) is 12.5. The first kappa shape index (κ1) is 15.7. The molecule has 0 saturated carbocycles. The Labute approximate surface area is 132 Å². The zero-order chi connectivity index (χ0) is 16.1. The van der Waals surface area contributed by atoms with Gasteiger partial charge in [0.25, 0.3) is 5.69 Å². The Morgan fingerprint density at radius 2 is 2.00 bits per heavy atom. The second kappa shape index (κ2) is 6.87. The van der Waals surface area contributed by atoms with E-state index in [0.717, 1.165) is 0 Å². The number of halogens is 1. The Kier molecular flexibility index (Phi) is 4.91. The average Bonchev–Trinajstić information content (AvgIpc) is 2.52. The number of nitro benzene ring substituents is 1. The molecule has 0 amide bonds. The van der Waals surface area contributed by atoms with E-state index in [4.69, 9.17) is 11.6 Å². The Balaban J connectivity index is 2.27. The largest absolute Gasteiger partial charge is 0.383 e. The molecule has 2 rings (SSSR count). The van der Waals surface area contributed by atoms with Crippen molar-refractivity contribution in [1.29, 1.82) is 0 Å². The van der Waals surface area contributed by atoms with E-state index in [2.05, 4.69) is 5.32 Å². The van der Waals surface area contributed by atoms with Crippen LogP contribution >= 0.6 is 11.6 Å². The molecule has 2 aromatic rings. The van der Waals surface area contributed by atoms with Crippen LogP contribution in [0.1, 0.15) is 15.9 Å². The fourth-order valence-corrected chi connectivity index (χ4v) is 2.17. The van der Waals surface area contributed by atoms with E-state index in [1.165, 1.54) is 18.2 Å². The van der Waals surface area contributed by atoms with Crippen LogP contribution in [0.25, 0.3) is 6.08 Å². The molecular formula is C16H13ClN2O3. The zero-order valence-electron chi connectivity index (χ0n) is 11.7. The van der Waals surface area contributed by atoms with Crippen LogP contribution in [0.5, 0.6) is 0 Å². The van der Waals surface area contributed by atoms with Crippen LogP contribution in [0.15, 0.2) is 48.5 Å². The number of hydrogen-bond acceptors (Lipinski definition) is 4. The lowest BCUT2D eigenvalue weighted by Crippen LogP contribution is -1.97. The Hall–Kier alpha value is -2.66. The molecule has 0 aliphatic carbocycles. The molecule has 0 heterocycles. The number of anilines is 1. The van der Waals surface area contributed by atoms with E-state index in [-0.39, 0.29) is 11.5 Å². The van der Waals surface area contributed by atoms with Crippen LogP contribution in [0, 0.1) is 10.1 Å². The van der Waals surface area contributed by atoms with Crippen LogP contribution in [0.3, 0.4) is 0 Å². The lowest BCUT2D eigenvalue weighted by Gasteiger charge is -2.03. The predicted molar refractivity (Wildman–Crippen MR) is 87.5 cm³/mol. The van der Waals surface area contributed by atoms with Gasteiger partial charge in [-0.05, 0) is 29.8 Å². The van der Waals surface area contributed by atoms with Crippen molar-refractivity contribution in [2.45, 2.75) is 0 Å². The van der Waals surface area contributed by atoms with Gasteiger partial charge in [-0.2, -0.15) is 0 Å². The molecule has 6 heteroatoms. The third-order valence-corrected chi connectivity index (χ3v) is 3.38. The molecule has 112 valence electrons. The monoisotopic (exact) mass is 316 g/mol. The quantitative estimate of drug-likeness (QED) is 0.388. The lowest BCUT2D eigenvalue weighted by molar-refractivity contribution is -0.383. The molecule has 0 aromatic heterocycles. The average molecular weight is 317 g/mol. The summed E-state index contributed by atoms with van der Waals surface area (Å²) in [6.45, 7) is 0. The van der Waals surface area contributed by atoms with Crippen molar-refractivity contribution in [3.05, 3.63) is 74.8 Å². The van der Waals surface area contributed by atoms with Gasteiger partial charge in [-0.1, -0.05) is 35.9 Å². The lowest BCUT2D eigenvalue weighted by atomic mass is 10.1. The van der Waals surface area contributed by atoms with Gasteiger partial charge in [-0.25, -0.2) is 0 Å². The van der Waals surface area contributed by atoms with Crippen LogP contribution in [-0.4, -0.2) is 17.8 Å². The summed E-state index contributed by atoms with van der Waals surface area (Å²) in [7, 11) is 1.61. The second-order valence-corrected chi connectivity index (χ2v) is 4.87. The van der Waals surface area contributed by atoms with Gasteiger partial charge in [0.15, 0.2) is 5.78 Å². The van der Waals surface area contributed by atoms with Gasteiger partial charge >= 0.3 is 0 Å². The standard InChI is InChI=1S/C16H13ClN2O3/c1-18-14-8-6-11(10-15(14)19(21)22)7-9-16(20)12-4-2-3-5-13(12)17/h2-10,18H,1H3/b9-7+. The van der Waals surface area contributed by atoms with Crippen LogP contribution in [0.2, 0.25) is 5.02 Å². The van der Waals surface area contributed by atoms with Gasteiger partial charge in [-0.3, -0.25) is 14.9 Å². The maximum absolute atomic E-state index is 12.1. The number of allylic oxidation sites excluding steroid dienone is 1. The Morgan fingerprint density at radius 3 is 2.64 bits per heavy atom. The molecule has 0 fully saturated rings. The number of nitrogens with zero attached hydrogens (tertiary/aromatic N) is 1. The van der Waals surface area contributed by atoms with E-state index in [1.54, 1.807) is 43.4 Å². The third-order valence-electron chi connectivity index (χ3n) is 3.05. The van der Waals surface area contributed by atoms with Crippen LogP contribution < -0.4 is 5.32 Å². The maximum atomic E-state index is 12.1. The van der Waals surface area contributed by atoms with Gasteiger partial charge in [0.05, 0.1) is 9.95 Å². The number of ketones is 1. The number of nitrogens with one attached hydrogen (secondary N) is 1. The first-order chi connectivity index (χ1) is 10.5. The van der Waals surface area contributed by atoms with Gasteiger partial charge in [0, 0.05) is 18.7 Å². The molecule has 0 unspecified atom stereocenters. The van der Waals surface area contributed by atoms with Crippen molar-refractivity contribution in [2.24, 2.45) is 0 Å². The number of rotatable bonds is 5. The van der Waals surface area contributed by atoms with Crippen LogP contribution in [-0.2, 0) is 0 Å². The summed E-state index contributed by atoms with van der Waals surface area (Å²) in [4.78, 5) is 22.6. The second-order valence-electron chi connectivity index (χ2n) is 4.46. The summed E-state index contributed by atoms with van der Waals surface area (Å²) in [6, 6.07) is 11.4. The summed E-state index contributed by atoms with van der Waals surface area (Å²) >= 11 is 5.95. The fraction of sp³-hybridized carbons (Fsp3) is 0.0625. The third kappa shape index (κ3) is 3.51. The predicted octanol–water partition coefficient (Wildman–Crippen LogP) is 4.19. The highest BCUT2D eigenvalue weighted by Crippen LogP contribution is 2.25. The summed E-state index contributed by atoms with van der Waals surface area (Å²) in [5, 5.41) is 14.1. The normalized spacial score (nSPS) is 10.6. The summed E-state index contributed by atoms with van der Waals surface area (Å²) in [6.07, 6.45) is 2.87. The topological polar surface area (TPSA) is 72.2 Å². The number of nitro groups is 1. The minimum atomic E-state index is -0.473. The number of carbonyl (C=O) groups is 1. The highest BCUT2D eigenvalue weighted by Gasteiger charge is 2.12. The van der Waals surface area contributed by atoms with Crippen molar-refractivity contribution in [3.8, 4) is 0 Å². The summed E-state index contributed by atoms with van der Waals surface area (Å²) < 4.78 is 0. The van der Waals surface area contributed by atoms with Crippen LogP contribution in [0.4, 0.5) is 11.4 Å². The Morgan fingerprint density at radius 1 is 1.27 bits per heavy atom. The van der Waals surface area contributed by atoms with E-state index in [1.807, 2.05) is 0 Å². The number of carbonyl (C=O) groups excluding carboxylic acids is 1. The molecule has 0 bridgehead atoms. The minimum absolute atomic E-state index is 0.0464. The molecule has 0 atom stereocenters. The van der Waals surface area contributed by atoms with Gasteiger partial charge in [0.1, 0.15) is 5.69 Å². The molecule has 0 radical (unpaired) electrons. The molecule has 0 aliphatic rings. The fourth-order valence-electron chi connectivity index (χ4n) is 1.94. The van der Waals surface area contributed by atoms with E-state index in [9.17, 15) is 14.9 Å². The minimum Gasteiger partial charge on any atom is -0.383 e. The van der Waals surface area contributed by atoms with Gasteiger partial charge in [-0.15, -0.1) is 0 Å². The molecule has 0 aliphatic heterocycles. The molecule has 5 nitrogen and oxygen atoms in total. The van der Waals surface area contributed by atoms with E-state index < -0.39 is 4.92 Å². The summed E-state index contributed by atoms with van der Waals surface area (Å²) in [5.74, 6) is -0.258. The van der Waals surface area contributed by atoms with Crippen molar-refractivity contribution in [3.63, 3.8) is 0 Å². The highest BCUT2D eigenvalue weighted by molar-refractivity contribution is 6.34. The van der Waals surface area contributed by atoms with E-state index in [0.29, 0.717) is 21.8 Å². The molecule has 22 heavy (non-hydrogen) atoms. The molecule has 1 N–H and O–H groups in total. The molecule has 0 spiro atoms. The van der Waals surface area contributed by atoms with Crippen molar-refractivity contribution < 1.29 is 9.72 Å². The molecular weight excluding hydrogens is 304 g/mol. The molecule has 2 aromatic carbocycles. The SMILES string of the molecule is CNc1ccc(/C=C/C(=O)c2ccccc2Cl)cc1[N+](=O)[O-].